The molecule has 3 heterocycles. The van der Waals surface area contributed by atoms with Crippen molar-refractivity contribution in [3.05, 3.63) is 18.0 Å². The van der Waals surface area contributed by atoms with Crippen molar-refractivity contribution in [1.29, 1.82) is 0 Å². The zero-order chi connectivity index (χ0) is 26.0. The second-order valence-corrected chi connectivity index (χ2v) is 17.2. The molecule has 1 aliphatic heterocycles. The van der Waals surface area contributed by atoms with Gasteiger partial charge in [0.1, 0.15) is 23.7 Å². The number of Topliss-reactive ketones (excluding diaryl/α,β-unsaturated/α-hetero) is 1. The van der Waals surface area contributed by atoms with E-state index in [1.807, 2.05) is 38.5 Å². The fraction of sp³-hybridized carbons (Fsp3) is 0.680. The molecule has 0 bridgehead atoms. The normalized spacial score (nSPS) is 14.8. The number of carbonyl (C=O) groups is 2. The number of nitrogens with zero attached hydrogens (tertiary/aromatic N) is 5. The molecule has 1 aliphatic rings. The number of aromatic nitrogens is 3. The SMILES string of the molecule is CCCC(=O)c1cn(COCC[Si](C)(C)C)c2ncc(N3CC(N(C)C(=O)OC(C)(C)C)C3)nc12. The molecule has 10 heteroatoms. The lowest BCUT2D eigenvalue weighted by Gasteiger charge is -2.44. The summed E-state index contributed by atoms with van der Waals surface area (Å²) in [7, 11) is 0.581. The third-order valence-electron chi connectivity index (χ3n) is 5.97. The van der Waals surface area contributed by atoms with Gasteiger partial charge in [-0.05, 0) is 33.2 Å². The van der Waals surface area contributed by atoms with Crippen LogP contribution in [-0.4, -0.2) is 77.8 Å². The van der Waals surface area contributed by atoms with Gasteiger partial charge in [0.25, 0.3) is 0 Å². The molecule has 1 saturated heterocycles. The minimum Gasteiger partial charge on any atom is -0.444 e. The average molecular weight is 504 g/mol. The first-order valence-corrected chi connectivity index (χ1v) is 16.2. The number of amides is 1. The van der Waals surface area contributed by atoms with Crippen LogP contribution < -0.4 is 4.90 Å². The molecule has 0 atom stereocenters. The van der Waals surface area contributed by atoms with E-state index in [1.165, 1.54) is 0 Å². The third-order valence-corrected chi connectivity index (χ3v) is 7.68. The first kappa shape index (κ1) is 27.1. The van der Waals surface area contributed by atoms with E-state index in [0.717, 1.165) is 12.5 Å². The smallest absolute Gasteiger partial charge is 0.410 e. The van der Waals surface area contributed by atoms with E-state index in [4.69, 9.17) is 14.5 Å². The van der Waals surface area contributed by atoms with Crippen LogP contribution >= 0.6 is 0 Å². The van der Waals surface area contributed by atoms with Crippen LogP contribution in [0.1, 0.15) is 50.9 Å². The summed E-state index contributed by atoms with van der Waals surface area (Å²) >= 11 is 0. The number of fused-ring (bicyclic) bond motifs is 1. The van der Waals surface area contributed by atoms with E-state index in [-0.39, 0.29) is 17.9 Å². The Balaban J connectivity index is 1.74. The largest absolute Gasteiger partial charge is 0.444 e. The third kappa shape index (κ3) is 7.04. The van der Waals surface area contributed by atoms with E-state index in [1.54, 1.807) is 18.1 Å². The van der Waals surface area contributed by atoms with Crippen LogP contribution in [0.2, 0.25) is 25.7 Å². The summed E-state index contributed by atoms with van der Waals surface area (Å²) in [5.41, 5.74) is 1.33. The summed E-state index contributed by atoms with van der Waals surface area (Å²) in [5, 5.41) is 0. The van der Waals surface area contributed by atoms with Crippen molar-refractivity contribution < 1.29 is 19.1 Å². The molecule has 35 heavy (non-hydrogen) atoms. The lowest BCUT2D eigenvalue weighted by Crippen LogP contribution is -2.60. The number of ketones is 1. The second kappa shape index (κ2) is 10.7. The molecule has 3 rings (SSSR count). The molecule has 0 N–H and O–H groups in total. The zero-order valence-corrected chi connectivity index (χ0v) is 23.6. The molecule has 0 aromatic carbocycles. The van der Waals surface area contributed by atoms with Crippen molar-refractivity contribution >= 4 is 36.9 Å². The van der Waals surface area contributed by atoms with Crippen LogP contribution in [0.25, 0.3) is 11.2 Å². The summed E-state index contributed by atoms with van der Waals surface area (Å²) < 4.78 is 13.3. The first-order valence-electron chi connectivity index (χ1n) is 12.5. The van der Waals surface area contributed by atoms with Crippen LogP contribution in [-0.2, 0) is 16.2 Å². The number of hydrogen-bond donors (Lipinski definition) is 0. The molecule has 0 aliphatic carbocycles. The van der Waals surface area contributed by atoms with Gasteiger partial charge >= 0.3 is 6.09 Å². The number of anilines is 1. The minimum absolute atomic E-state index is 0.0351. The Bertz CT molecular complexity index is 1050. The summed E-state index contributed by atoms with van der Waals surface area (Å²) in [4.78, 5) is 38.4. The average Bonchev–Trinajstić information content (AvgIpc) is 3.06. The van der Waals surface area contributed by atoms with Gasteiger partial charge < -0.3 is 23.8 Å². The lowest BCUT2D eigenvalue weighted by molar-refractivity contribution is 0.0196. The van der Waals surface area contributed by atoms with Gasteiger partial charge in [0.2, 0.25) is 0 Å². The molecule has 0 spiro atoms. The van der Waals surface area contributed by atoms with Gasteiger partial charge in [0.05, 0.1) is 17.8 Å². The number of likely N-dealkylation sites (N-methyl/N-ethyl adjacent to an activating group) is 1. The van der Waals surface area contributed by atoms with Gasteiger partial charge in [-0.15, -0.1) is 0 Å². The van der Waals surface area contributed by atoms with Crippen LogP contribution in [0.3, 0.4) is 0 Å². The molecule has 1 fully saturated rings. The standard InChI is InChI=1S/C25H41N5O4Si/c1-9-10-20(31)19-16-30(17-33-11-12-35(6,7)8)23-22(19)27-21(13-26-23)29-14-18(15-29)28(5)24(32)34-25(2,3)4/h13,16,18H,9-12,14-15,17H2,1-8H3. The van der Waals surface area contributed by atoms with Gasteiger partial charge in [-0.25, -0.2) is 14.8 Å². The quantitative estimate of drug-likeness (QED) is 0.262. The van der Waals surface area contributed by atoms with Crippen molar-refractivity contribution in [2.45, 2.75) is 84.6 Å². The Morgan fingerprint density at radius 2 is 1.91 bits per heavy atom. The highest BCUT2D eigenvalue weighted by atomic mass is 28.3. The van der Waals surface area contributed by atoms with E-state index < -0.39 is 13.7 Å². The second-order valence-electron chi connectivity index (χ2n) is 11.6. The van der Waals surface area contributed by atoms with Crippen molar-refractivity contribution in [2.75, 3.05) is 31.6 Å². The molecular formula is C25H41N5O4Si. The van der Waals surface area contributed by atoms with E-state index in [9.17, 15) is 9.59 Å². The number of hydrogen-bond acceptors (Lipinski definition) is 7. The number of rotatable bonds is 10. The van der Waals surface area contributed by atoms with Gasteiger partial charge in [-0.1, -0.05) is 26.6 Å². The lowest BCUT2D eigenvalue weighted by atomic mass is 10.1. The predicted octanol–water partition coefficient (Wildman–Crippen LogP) is 4.78. The van der Waals surface area contributed by atoms with Gasteiger partial charge in [-0.3, -0.25) is 4.79 Å². The summed E-state index contributed by atoms with van der Waals surface area (Å²) in [5.74, 6) is 0.769. The molecule has 2 aromatic rings. The van der Waals surface area contributed by atoms with Crippen LogP contribution in [0.15, 0.2) is 12.4 Å². The van der Waals surface area contributed by atoms with Crippen molar-refractivity contribution in [2.24, 2.45) is 0 Å². The van der Waals surface area contributed by atoms with E-state index >= 15 is 0 Å². The van der Waals surface area contributed by atoms with Crippen LogP contribution in [0, 0.1) is 0 Å². The maximum Gasteiger partial charge on any atom is 0.410 e. The maximum absolute atomic E-state index is 12.8. The number of carbonyl (C=O) groups excluding carboxylic acids is 2. The summed E-state index contributed by atoms with van der Waals surface area (Å²) in [6.07, 6.45) is 4.47. The van der Waals surface area contributed by atoms with E-state index in [2.05, 4.69) is 29.5 Å². The Labute approximate surface area is 209 Å². The molecule has 2 aromatic heterocycles. The molecule has 9 nitrogen and oxygen atoms in total. The number of ether oxygens (including phenoxy) is 2. The molecular weight excluding hydrogens is 462 g/mol. The van der Waals surface area contributed by atoms with Crippen molar-refractivity contribution in [1.82, 2.24) is 19.4 Å². The highest BCUT2D eigenvalue weighted by molar-refractivity contribution is 6.76. The minimum atomic E-state index is -1.18. The summed E-state index contributed by atoms with van der Waals surface area (Å²) in [6, 6.07) is 1.12. The van der Waals surface area contributed by atoms with Crippen molar-refractivity contribution in [3.63, 3.8) is 0 Å². The van der Waals surface area contributed by atoms with Crippen molar-refractivity contribution in [3.8, 4) is 0 Å². The Morgan fingerprint density at radius 1 is 1.23 bits per heavy atom. The van der Waals surface area contributed by atoms with Gasteiger partial charge in [0, 0.05) is 47.4 Å². The monoisotopic (exact) mass is 503 g/mol. The maximum atomic E-state index is 12.8. The summed E-state index contributed by atoms with van der Waals surface area (Å²) in [6.45, 7) is 16.8. The highest BCUT2D eigenvalue weighted by Crippen LogP contribution is 2.27. The van der Waals surface area contributed by atoms with Crippen LogP contribution in [0.4, 0.5) is 10.6 Å². The van der Waals surface area contributed by atoms with Gasteiger partial charge in [-0.2, -0.15) is 0 Å². The highest BCUT2D eigenvalue weighted by Gasteiger charge is 2.35. The molecule has 1 amide bonds. The Kier molecular flexibility index (Phi) is 8.26. The fourth-order valence-electron chi connectivity index (χ4n) is 3.77. The topological polar surface area (TPSA) is 89.8 Å². The zero-order valence-electron chi connectivity index (χ0n) is 22.6. The predicted molar refractivity (Wildman–Crippen MR) is 141 cm³/mol. The molecule has 0 unspecified atom stereocenters. The Morgan fingerprint density at radius 3 is 2.51 bits per heavy atom. The van der Waals surface area contributed by atoms with Crippen LogP contribution in [0.5, 0.6) is 0 Å². The molecule has 0 radical (unpaired) electrons. The van der Waals surface area contributed by atoms with Gasteiger partial charge in [0.15, 0.2) is 11.4 Å². The van der Waals surface area contributed by atoms with E-state index in [0.29, 0.717) is 55.4 Å². The Hall–Kier alpha value is -2.46. The first-order chi connectivity index (χ1) is 16.3. The molecule has 0 saturated carbocycles. The molecule has 194 valence electrons. The fourth-order valence-corrected chi connectivity index (χ4v) is 4.53.